The van der Waals surface area contributed by atoms with Crippen LogP contribution in [0.5, 0.6) is 0 Å². The molecule has 0 saturated carbocycles. The number of pyridine rings is 1. The van der Waals surface area contributed by atoms with Gasteiger partial charge in [-0.05, 0) is 80.3 Å². The number of nitrogens with two attached hydrogens (primary N) is 1. The van der Waals surface area contributed by atoms with Gasteiger partial charge in [-0.3, -0.25) is 9.67 Å². The summed E-state index contributed by atoms with van der Waals surface area (Å²) in [6.45, 7) is 8.87. The topological polar surface area (TPSA) is 110 Å². The van der Waals surface area contributed by atoms with E-state index in [-0.39, 0.29) is 5.92 Å². The number of nitriles is 1. The summed E-state index contributed by atoms with van der Waals surface area (Å²) >= 11 is 0. The van der Waals surface area contributed by atoms with E-state index >= 15 is 0 Å². The number of benzene rings is 1. The molecule has 4 heterocycles. The Balaban J connectivity index is 1.34. The van der Waals surface area contributed by atoms with Gasteiger partial charge < -0.3 is 10.6 Å². The number of hydrogen-bond acceptors (Lipinski definition) is 7. The SMILES string of the molecule is CCCc1ccc(N)c(C#N)c1C1CCc2c(nc(CC)nc2N2CCCn3nc(-c4cccc(C)n4)cc3C2)C1. The van der Waals surface area contributed by atoms with Crippen LogP contribution >= 0.6 is 0 Å². The number of aryl methyl sites for hydroxylation is 4. The molecule has 8 heteroatoms. The second kappa shape index (κ2) is 11.3. The van der Waals surface area contributed by atoms with Gasteiger partial charge in [-0.25, -0.2) is 9.97 Å². The van der Waals surface area contributed by atoms with E-state index in [1.807, 2.05) is 31.2 Å². The highest BCUT2D eigenvalue weighted by atomic mass is 15.3. The zero-order chi connectivity index (χ0) is 28.5. The maximum atomic E-state index is 10.0. The molecule has 2 N–H and O–H groups in total. The second-order valence-electron chi connectivity index (χ2n) is 11.3. The van der Waals surface area contributed by atoms with Gasteiger partial charge in [0.05, 0.1) is 29.2 Å². The summed E-state index contributed by atoms with van der Waals surface area (Å²) in [5.74, 6) is 2.17. The van der Waals surface area contributed by atoms with E-state index in [1.54, 1.807) is 0 Å². The second-order valence-corrected chi connectivity index (χ2v) is 11.3. The highest BCUT2D eigenvalue weighted by Crippen LogP contribution is 2.40. The number of nitrogens with zero attached hydrogens (tertiary/aromatic N) is 7. The highest BCUT2D eigenvalue weighted by Gasteiger charge is 2.31. The molecular weight excluding hydrogens is 508 g/mol. The normalized spacial score (nSPS) is 16.5. The average Bonchev–Trinajstić information content (AvgIpc) is 3.28. The Hall–Kier alpha value is -4.25. The largest absolute Gasteiger partial charge is 0.398 e. The Morgan fingerprint density at radius 2 is 1.95 bits per heavy atom. The zero-order valence-electron chi connectivity index (χ0n) is 24.3. The van der Waals surface area contributed by atoms with Crippen molar-refractivity contribution >= 4 is 11.5 Å². The lowest BCUT2D eigenvalue weighted by Crippen LogP contribution is -2.28. The van der Waals surface area contributed by atoms with E-state index in [0.29, 0.717) is 11.3 Å². The van der Waals surface area contributed by atoms with Gasteiger partial charge in [-0.2, -0.15) is 10.4 Å². The van der Waals surface area contributed by atoms with Gasteiger partial charge in [0.25, 0.3) is 0 Å². The first-order valence-electron chi connectivity index (χ1n) is 14.9. The van der Waals surface area contributed by atoms with Crippen molar-refractivity contribution in [1.82, 2.24) is 24.7 Å². The van der Waals surface area contributed by atoms with E-state index in [1.165, 1.54) is 16.8 Å². The van der Waals surface area contributed by atoms with Crippen molar-refractivity contribution in [2.24, 2.45) is 0 Å². The summed E-state index contributed by atoms with van der Waals surface area (Å²) < 4.78 is 2.14. The Morgan fingerprint density at radius 3 is 2.73 bits per heavy atom. The zero-order valence-corrected chi connectivity index (χ0v) is 24.3. The lowest BCUT2D eigenvalue weighted by Gasteiger charge is -2.31. The fraction of sp³-hybridized carbons (Fsp3) is 0.424. The summed E-state index contributed by atoms with van der Waals surface area (Å²) in [4.78, 5) is 17.3. The highest BCUT2D eigenvalue weighted by molar-refractivity contribution is 5.62. The van der Waals surface area contributed by atoms with Crippen LogP contribution in [0.1, 0.15) is 84.2 Å². The van der Waals surface area contributed by atoms with Crippen LogP contribution in [0.4, 0.5) is 11.5 Å². The molecular formula is C33H38N8. The standard InChI is InChI=1S/C33H38N8/c1-4-8-22-12-14-27(35)26(19-34)32(22)23-11-13-25-29(17-23)37-31(5-2)38-33(25)40-15-7-16-41-24(20-40)18-30(39-41)28-10-6-9-21(3)36-28/h6,9-10,12,14,18,23H,4-5,7-8,11,13,15-17,20,35H2,1-3H3. The number of anilines is 2. The maximum absolute atomic E-state index is 10.0. The molecule has 0 spiro atoms. The van der Waals surface area contributed by atoms with Crippen LogP contribution in [-0.4, -0.2) is 31.3 Å². The number of rotatable bonds is 6. The van der Waals surface area contributed by atoms with Gasteiger partial charge in [-0.1, -0.05) is 32.4 Å². The lowest BCUT2D eigenvalue weighted by molar-refractivity contribution is 0.557. The molecule has 1 atom stereocenters. The van der Waals surface area contributed by atoms with Crippen molar-refractivity contribution < 1.29 is 0 Å². The summed E-state index contributed by atoms with van der Waals surface area (Å²) in [6.07, 6.45) is 6.41. The number of aromatic nitrogens is 5. The Labute approximate surface area is 242 Å². The van der Waals surface area contributed by atoms with Crippen molar-refractivity contribution in [2.45, 2.75) is 84.7 Å². The van der Waals surface area contributed by atoms with E-state index in [0.717, 1.165) is 105 Å². The van der Waals surface area contributed by atoms with Crippen LogP contribution in [0.3, 0.4) is 0 Å². The molecule has 0 bridgehead atoms. The van der Waals surface area contributed by atoms with Crippen molar-refractivity contribution in [2.75, 3.05) is 17.2 Å². The van der Waals surface area contributed by atoms with Gasteiger partial charge in [0.1, 0.15) is 23.4 Å². The van der Waals surface area contributed by atoms with Crippen LogP contribution in [0.25, 0.3) is 11.4 Å². The first-order chi connectivity index (χ1) is 20.0. The molecule has 3 aromatic heterocycles. The van der Waals surface area contributed by atoms with Gasteiger partial charge in [0.15, 0.2) is 0 Å². The fourth-order valence-corrected chi connectivity index (χ4v) is 6.52. The number of fused-ring (bicyclic) bond motifs is 2. The molecule has 6 rings (SSSR count). The van der Waals surface area contributed by atoms with Gasteiger partial charge in [-0.15, -0.1) is 0 Å². The number of hydrogen-bond donors (Lipinski definition) is 1. The molecule has 1 unspecified atom stereocenters. The molecule has 8 nitrogen and oxygen atoms in total. The van der Waals surface area contributed by atoms with Gasteiger partial charge in [0.2, 0.25) is 0 Å². The van der Waals surface area contributed by atoms with Crippen LogP contribution in [0.2, 0.25) is 0 Å². The quantitative estimate of drug-likeness (QED) is 0.309. The fourth-order valence-electron chi connectivity index (χ4n) is 6.52. The Kier molecular flexibility index (Phi) is 7.44. The third-order valence-corrected chi connectivity index (χ3v) is 8.49. The minimum Gasteiger partial charge on any atom is -0.398 e. The van der Waals surface area contributed by atoms with E-state index < -0.39 is 0 Å². The van der Waals surface area contributed by atoms with Crippen molar-refractivity contribution in [3.05, 3.63) is 81.6 Å². The summed E-state index contributed by atoms with van der Waals surface area (Å²) in [6, 6.07) is 14.7. The Morgan fingerprint density at radius 1 is 1.07 bits per heavy atom. The average molecular weight is 547 g/mol. The molecule has 41 heavy (non-hydrogen) atoms. The molecule has 210 valence electrons. The first-order valence-corrected chi connectivity index (χ1v) is 14.9. The minimum absolute atomic E-state index is 0.226. The van der Waals surface area contributed by atoms with Crippen LogP contribution < -0.4 is 10.6 Å². The van der Waals surface area contributed by atoms with Crippen LogP contribution in [-0.2, 0) is 38.8 Å². The molecule has 1 aliphatic heterocycles. The van der Waals surface area contributed by atoms with E-state index in [9.17, 15) is 5.26 Å². The van der Waals surface area contributed by atoms with Crippen LogP contribution in [0.15, 0.2) is 36.4 Å². The molecule has 0 saturated heterocycles. The van der Waals surface area contributed by atoms with Crippen molar-refractivity contribution in [1.29, 1.82) is 5.26 Å². The third kappa shape index (κ3) is 5.17. The first kappa shape index (κ1) is 26.9. The predicted octanol–water partition coefficient (Wildman–Crippen LogP) is 5.70. The lowest BCUT2D eigenvalue weighted by atomic mass is 9.78. The predicted molar refractivity (Wildman–Crippen MR) is 162 cm³/mol. The molecule has 1 aromatic carbocycles. The molecule has 4 aromatic rings. The Bertz CT molecular complexity index is 1630. The molecule has 1 aliphatic carbocycles. The van der Waals surface area contributed by atoms with Gasteiger partial charge in [0, 0.05) is 36.5 Å². The maximum Gasteiger partial charge on any atom is 0.136 e. The summed E-state index contributed by atoms with van der Waals surface area (Å²) in [7, 11) is 0. The van der Waals surface area contributed by atoms with Gasteiger partial charge >= 0.3 is 0 Å². The summed E-state index contributed by atoms with van der Waals surface area (Å²) in [5, 5.41) is 15.0. The third-order valence-electron chi connectivity index (χ3n) is 8.49. The summed E-state index contributed by atoms with van der Waals surface area (Å²) in [5.41, 5.74) is 16.3. The number of nitrogen functional groups attached to an aromatic ring is 1. The van der Waals surface area contributed by atoms with Crippen molar-refractivity contribution in [3.8, 4) is 17.5 Å². The molecule has 0 radical (unpaired) electrons. The molecule has 2 aliphatic rings. The minimum atomic E-state index is 0.226. The monoisotopic (exact) mass is 546 g/mol. The van der Waals surface area contributed by atoms with Crippen LogP contribution in [0, 0.1) is 18.3 Å². The molecule has 0 amide bonds. The van der Waals surface area contributed by atoms with E-state index in [4.69, 9.17) is 25.8 Å². The molecule has 0 fully saturated rings. The van der Waals surface area contributed by atoms with E-state index in [2.05, 4.69) is 41.6 Å². The van der Waals surface area contributed by atoms with Crippen molar-refractivity contribution in [3.63, 3.8) is 0 Å². The smallest absolute Gasteiger partial charge is 0.136 e.